The van der Waals surface area contributed by atoms with Gasteiger partial charge in [-0.3, -0.25) is 9.48 Å². The Kier molecular flexibility index (Phi) is 4.89. The summed E-state index contributed by atoms with van der Waals surface area (Å²) in [4.78, 5) is 15.0. The predicted molar refractivity (Wildman–Crippen MR) is 113 cm³/mol. The highest BCUT2D eigenvalue weighted by molar-refractivity contribution is 5.99. The van der Waals surface area contributed by atoms with E-state index in [0.29, 0.717) is 48.3 Å². The first-order chi connectivity index (χ1) is 15.1. The lowest BCUT2D eigenvalue weighted by molar-refractivity contribution is 0.0785. The molecule has 0 saturated carbocycles. The lowest BCUT2D eigenvalue weighted by atomic mass is 10.1. The summed E-state index contributed by atoms with van der Waals surface area (Å²) in [5, 5.41) is 4.55. The first kappa shape index (κ1) is 19.3. The van der Waals surface area contributed by atoms with Crippen LogP contribution in [0.4, 0.5) is 0 Å². The first-order valence-electron chi connectivity index (χ1n) is 10.2. The van der Waals surface area contributed by atoms with E-state index in [-0.39, 0.29) is 12.7 Å². The number of hydrogen-bond donors (Lipinski definition) is 0. The fourth-order valence-corrected chi connectivity index (χ4v) is 3.76. The summed E-state index contributed by atoms with van der Waals surface area (Å²) in [6.45, 7) is 1.89. The molecule has 0 atom stereocenters. The van der Waals surface area contributed by atoms with Crippen LogP contribution in [0.2, 0.25) is 0 Å². The molecule has 8 heteroatoms. The fourth-order valence-electron chi connectivity index (χ4n) is 3.76. The standard InChI is InChI=1S/C23H23N3O5/c1-25(12-15-4-6-19-20(10-15)31-14-30-19)23(27)17-13-26(2)24-22(17)16-5-7-18-21(11-16)29-9-3-8-28-18/h4-7,10-11,13H,3,8-9,12,14H2,1-2H3. The Balaban J connectivity index is 1.41. The minimum atomic E-state index is -0.118. The molecule has 0 aliphatic carbocycles. The molecule has 2 aromatic carbocycles. The fraction of sp³-hybridized carbons (Fsp3) is 0.304. The van der Waals surface area contributed by atoms with Crippen LogP contribution in [0, 0.1) is 0 Å². The first-order valence-corrected chi connectivity index (χ1v) is 10.2. The van der Waals surface area contributed by atoms with Crippen LogP contribution in [0.25, 0.3) is 11.3 Å². The Morgan fingerprint density at radius 1 is 1.00 bits per heavy atom. The maximum atomic E-state index is 13.3. The van der Waals surface area contributed by atoms with E-state index in [1.807, 2.05) is 36.4 Å². The van der Waals surface area contributed by atoms with E-state index >= 15 is 0 Å². The average molecular weight is 421 g/mol. The monoisotopic (exact) mass is 421 g/mol. The lowest BCUT2D eigenvalue weighted by Crippen LogP contribution is -2.26. The second kappa shape index (κ2) is 7.86. The van der Waals surface area contributed by atoms with Crippen LogP contribution in [0.1, 0.15) is 22.3 Å². The van der Waals surface area contributed by atoms with Crippen LogP contribution in [0.15, 0.2) is 42.6 Å². The van der Waals surface area contributed by atoms with Crippen molar-refractivity contribution in [3.8, 4) is 34.3 Å². The van der Waals surface area contributed by atoms with E-state index in [2.05, 4.69) is 5.10 Å². The zero-order valence-corrected chi connectivity index (χ0v) is 17.5. The van der Waals surface area contributed by atoms with Crippen LogP contribution >= 0.6 is 0 Å². The minimum absolute atomic E-state index is 0.118. The molecular weight excluding hydrogens is 398 g/mol. The van der Waals surface area contributed by atoms with Gasteiger partial charge in [0.05, 0.1) is 18.8 Å². The maximum absolute atomic E-state index is 13.3. The van der Waals surface area contributed by atoms with Crippen molar-refractivity contribution in [3.05, 3.63) is 53.7 Å². The molecule has 8 nitrogen and oxygen atoms in total. The van der Waals surface area contributed by atoms with Crippen LogP contribution in [0.5, 0.6) is 23.0 Å². The molecule has 5 rings (SSSR count). The van der Waals surface area contributed by atoms with Gasteiger partial charge in [0.15, 0.2) is 23.0 Å². The molecule has 0 fully saturated rings. The molecular formula is C23H23N3O5. The van der Waals surface area contributed by atoms with E-state index in [1.165, 1.54) is 0 Å². The largest absolute Gasteiger partial charge is 0.490 e. The Bertz CT molecular complexity index is 1140. The highest BCUT2D eigenvalue weighted by atomic mass is 16.7. The molecule has 3 heterocycles. The zero-order chi connectivity index (χ0) is 21.4. The number of aryl methyl sites for hydroxylation is 1. The molecule has 0 bridgehead atoms. The summed E-state index contributed by atoms with van der Waals surface area (Å²) < 4.78 is 24.0. The number of carbonyl (C=O) groups excluding carboxylic acids is 1. The van der Waals surface area contributed by atoms with Crippen molar-refractivity contribution < 1.29 is 23.7 Å². The van der Waals surface area contributed by atoms with Crippen LogP contribution in [-0.2, 0) is 13.6 Å². The van der Waals surface area contributed by atoms with Crippen molar-refractivity contribution >= 4 is 5.91 Å². The summed E-state index contributed by atoms with van der Waals surface area (Å²) >= 11 is 0. The zero-order valence-electron chi connectivity index (χ0n) is 17.5. The van der Waals surface area contributed by atoms with E-state index in [9.17, 15) is 4.79 Å². The number of aromatic nitrogens is 2. The molecule has 1 amide bonds. The van der Waals surface area contributed by atoms with Crippen molar-refractivity contribution in [2.24, 2.45) is 7.05 Å². The van der Waals surface area contributed by atoms with Crippen molar-refractivity contribution in [2.75, 3.05) is 27.1 Å². The minimum Gasteiger partial charge on any atom is -0.490 e. The number of amides is 1. The van der Waals surface area contributed by atoms with E-state index in [4.69, 9.17) is 18.9 Å². The molecule has 1 aromatic heterocycles. The molecule has 0 N–H and O–H groups in total. The van der Waals surface area contributed by atoms with Gasteiger partial charge in [0, 0.05) is 38.8 Å². The quantitative estimate of drug-likeness (QED) is 0.644. The third kappa shape index (κ3) is 3.76. The summed E-state index contributed by atoms with van der Waals surface area (Å²) in [6, 6.07) is 11.4. The molecule has 0 spiro atoms. The van der Waals surface area contributed by atoms with Gasteiger partial charge in [-0.2, -0.15) is 5.10 Å². The number of rotatable bonds is 4. The van der Waals surface area contributed by atoms with Crippen LogP contribution in [0.3, 0.4) is 0 Å². The maximum Gasteiger partial charge on any atom is 0.257 e. The number of nitrogens with zero attached hydrogens (tertiary/aromatic N) is 3. The van der Waals surface area contributed by atoms with Gasteiger partial charge in [-0.1, -0.05) is 6.07 Å². The van der Waals surface area contributed by atoms with Gasteiger partial charge in [-0.05, 0) is 35.9 Å². The van der Waals surface area contributed by atoms with E-state index < -0.39 is 0 Å². The van der Waals surface area contributed by atoms with Gasteiger partial charge in [0.2, 0.25) is 6.79 Å². The number of hydrogen-bond acceptors (Lipinski definition) is 6. The molecule has 0 unspecified atom stereocenters. The second-order valence-electron chi connectivity index (χ2n) is 7.63. The molecule has 0 radical (unpaired) electrons. The van der Waals surface area contributed by atoms with Crippen molar-refractivity contribution in [3.63, 3.8) is 0 Å². The molecule has 2 aliphatic rings. The van der Waals surface area contributed by atoms with Gasteiger partial charge in [0.25, 0.3) is 5.91 Å². The normalized spacial score (nSPS) is 14.3. The summed E-state index contributed by atoms with van der Waals surface area (Å²) in [6.07, 6.45) is 2.58. The van der Waals surface area contributed by atoms with E-state index in [1.54, 1.807) is 29.9 Å². The summed E-state index contributed by atoms with van der Waals surface area (Å²) in [7, 11) is 3.58. The molecule has 2 aliphatic heterocycles. The smallest absolute Gasteiger partial charge is 0.257 e. The average Bonchev–Trinajstić information content (AvgIpc) is 3.32. The van der Waals surface area contributed by atoms with Gasteiger partial charge in [-0.15, -0.1) is 0 Å². The molecule has 3 aromatic rings. The highest BCUT2D eigenvalue weighted by Gasteiger charge is 2.23. The van der Waals surface area contributed by atoms with Gasteiger partial charge in [-0.25, -0.2) is 0 Å². The molecule has 0 saturated heterocycles. The van der Waals surface area contributed by atoms with Crippen molar-refractivity contribution in [1.29, 1.82) is 0 Å². The second-order valence-corrected chi connectivity index (χ2v) is 7.63. The van der Waals surface area contributed by atoms with E-state index in [0.717, 1.165) is 23.3 Å². The third-order valence-corrected chi connectivity index (χ3v) is 5.28. The topological polar surface area (TPSA) is 75.1 Å². The van der Waals surface area contributed by atoms with Crippen LogP contribution < -0.4 is 18.9 Å². The van der Waals surface area contributed by atoms with Gasteiger partial charge < -0.3 is 23.8 Å². The van der Waals surface area contributed by atoms with Gasteiger partial charge >= 0.3 is 0 Å². The number of benzene rings is 2. The third-order valence-electron chi connectivity index (χ3n) is 5.28. The predicted octanol–water partition coefficient (Wildman–Crippen LogP) is 3.25. The molecule has 160 valence electrons. The Morgan fingerprint density at radius 3 is 2.58 bits per heavy atom. The van der Waals surface area contributed by atoms with Gasteiger partial charge in [0.1, 0.15) is 5.69 Å². The SMILES string of the molecule is CN(Cc1ccc2c(c1)OCO2)C(=O)c1cn(C)nc1-c1ccc2c(c1)OCCCO2. The highest BCUT2D eigenvalue weighted by Crippen LogP contribution is 2.35. The Hall–Kier alpha value is -3.68. The number of carbonyl (C=O) groups is 1. The Morgan fingerprint density at radius 2 is 1.71 bits per heavy atom. The number of ether oxygens (including phenoxy) is 4. The summed E-state index contributed by atoms with van der Waals surface area (Å²) in [5.74, 6) is 2.69. The Labute approximate surface area is 179 Å². The van der Waals surface area contributed by atoms with Crippen LogP contribution in [-0.4, -0.2) is 47.6 Å². The number of fused-ring (bicyclic) bond motifs is 2. The van der Waals surface area contributed by atoms with Crippen molar-refractivity contribution in [2.45, 2.75) is 13.0 Å². The molecule has 31 heavy (non-hydrogen) atoms. The summed E-state index contributed by atoms with van der Waals surface area (Å²) in [5.41, 5.74) is 2.91. The van der Waals surface area contributed by atoms with Crippen molar-refractivity contribution in [1.82, 2.24) is 14.7 Å². The lowest BCUT2D eigenvalue weighted by Gasteiger charge is -2.17.